The maximum Gasteiger partial charge on any atom is 0.0381 e. The molecule has 2 aromatic carbocycles. The summed E-state index contributed by atoms with van der Waals surface area (Å²) in [6, 6.07) is 8.85. The highest BCUT2D eigenvalue weighted by Crippen LogP contribution is 2.29. The lowest BCUT2D eigenvalue weighted by molar-refractivity contribution is 1.01. The van der Waals surface area contributed by atoms with E-state index in [1.807, 2.05) is 0 Å². The number of aryl methyl sites for hydroxylation is 2. The second kappa shape index (κ2) is 7.54. The van der Waals surface area contributed by atoms with Gasteiger partial charge in [0.2, 0.25) is 0 Å². The summed E-state index contributed by atoms with van der Waals surface area (Å²) in [7, 11) is 0. The highest BCUT2D eigenvalue weighted by Gasteiger charge is 2.13. The summed E-state index contributed by atoms with van der Waals surface area (Å²) in [5.41, 5.74) is 22.5. The molecule has 0 fully saturated rings. The van der Waals surface area contributed by atoms with Gasteiger partial charge in [-0.2, -0.15) is 0 Å². The van der Waals surface area contributed by atoms with Gasteiger partial charge in [0.15, 0.2) is 0 Å². The van der Waals surface area contributed by atoms with Gasteiger partial charge in [-0.15, -0.1) is 0 Å². The van der Waals surface area contributed by atoms with Gasteiger partial charge < -0.3 is 11.5 Å². The Balaban J connectivity index is 2.47. The van der Waals surface area contributed by atoms with Crippen molar-refractivity contribution < 1.29 is 0 Å². The fourth-order valence-electron chi connectivity index (χ4n) is 3.50. The maximum atomic E-state index is 6.38. The molecular weight excluding hydrogens is 280 g/mol. The molecule has 0 aliphatic heterocycles. The normalized spacial score (nSPS) is 11.0. The van der Waals surface area contributed by atoms with Gasteiger partial charge in [-0.3, -0.25) is 0 Å². The SMILES string of the molecule is CCc1ccc(Cc2ccc(CC)c(N)c2CC)c(CC)c1N. The van der Waals surface area contributed by atoms with Gasteiger partial charge in [-0.05, 0) is 65.5 Å². The summed E-state index contributed by atoms with van der Waals surface area (Å²) in [6.07, 6.45) is 4.82. The van der Waals surface area contributed by atoms with E-state index in [1.165, 1.54) is 33.4 Å². The number of benzene rings is 2. The van der Waals surface area contributed by atoms with E-state index in [0.29, 0.717) is 0 Å². The molecule has 0 spiro atoms. The third-order valence-corrected chi connectivity index (χ3v) is 4.94. The van der Waals surface area contributed by atoms with Crippen molar-refractivity contribution in [3.05, 3.63) is 57.6 Å². The van der Waals surface area contributed by atoms with E-state index in [9.17, 15) is 0 Å². The molecule has 0 saturated heterocycles. The van der Waals surface area contributed by atoms with Crippen molar-refractivity contribution in [3.63, 3.8) is 0 Å². The third kappa shape index (κ3) is 3.36. The van der Waals surface area contributed by atoms with Crippen LogP contribution in [0.1, 0.15) is 61.1 Å². The quantitative estimate of drug-likeness (QED) is 0.760. The number of nitrogen functional groups attached to an aromatic ring is 2. The summed E-state index contributed by atoms with van der Waals surface area (Å²) in [6.45, 7) is 8.68. The van der Waals surface area contributed by atoms with E-state index in [2.05, 4.69) is 52.0 Å². The predicted octanol–water partition coefficient (Wildman–Crippen LogP) is 4.69. The highest BCUT2D eigenvalue weighted by atomic mass is 14.6. The van der Waals surface area contributed by atoms with Crippen LogP contribution in [-0.2, 0) is 32.1 Å². The molecule has 0 amide bonds. The molecule has 0 heterocycles. The molecular formula is C21H30N2. The molecule has 2 rings (SSSR count). The first-order valence-corrected chi connectivity index (χ1v) is 8.85. The topological polar surface area (TPSA) is 52.0 Å². The van der Waals surface area contributed by atoms with Crippen molar-refractivity contribution in [3.8, 4) is 0 Å². The van der Waals surface area contributed by atoms with Crippen LogP contribution in [0, 0.1) is 0 Å². The van der Waals surface area contributed by atoms with E-state index in [-0.39, 0.29) is 0 Å². The van der Waals surface area contributed by atoms with Gasteiger partial charge in [-0.1, -0.05) is 52.0 Å². The molecule has 0 atom stereocenters. The van der Waals surface area contributed by atoms with E-state index in [1.54, 1.807) is 0 Å². The Morgan fingerprint density at radius 2 is 0.913 bits per heavy atom. The first-order valence-electron chi connectivity index (χ1n) is 8.85. The monoisotopic (exact) mass is 310 g/mol. The van der Waals surface area contributed by atoms with Crippen molar-refractivity contribution in [2.75, 3.05) is 11.5 Å². The van der Waals surface area contributed by atoms with Gasteiger partial charge in [0.05, 0.1) is 0 Å². The Labute approximate surface area is 140 Å². The molecule has 0 aromatic heterocycles. The summed E-state index contributed by atoms with van der Waals surface area (Å²) < 4.78 is 0. The Bertz CT molecular complexity index is 627. The lowest BCUT2D eigenvalue weighted by atomic mass is 9.89. The second-order valence-electron chi connectivity index (χ2n) is 6.14. The van der Waals surface area contributed by atoms with Crippen molar-refractivity contribution in [1.29, 1.82) is 0 Å². The second-order valence-corrected chi connectivity index (χ2v) is 6.14. The van der Waals surface area contributed by atoms with Gasteiger partial charge in [-0.25, -0.2) is 0 Å². The average molecular weight is 310 g/mol. The van der Waals surface area contributed by atoms with Gasteiger partial charge >= 0.3 is 0 Å². The Morgan fingerprint density at radius 1 is 0.565 bits per heavy atom. The van der Waals surface area contributed by atoms with Crippen molar-refractivity contribution >= 4 is 11.4 Å². The summed E-state index contributed by atoms with van der Waals surface area (Å²) in [5, 5.41) is 0. The molecule has 0 unspecified atom stereocenters. The smallest absolute Gasteiger partial charge is 0.0381 e. The molecule has 2 aromatic rings. The van der Waals surface area contributed by atoms with E-state index in [4.69, 9.17) is 11.5 Å². The zero-order valence-electron chi connectivity index (χ0n) is 15.0. The van der Waals surface area contributed by atoms with Crippen LogP contribution < -0.4 is 11.5 Å². The van der Waals surface area contributed by atoms with Crippen LogP contribution in [0.5, 0.6) is 0 Å². The van der Waals surface area contributed by atoms with Crippen LogP contribution >= 0.6 is 0 Å². The van der Waals surface area contributed by atoms with Gasteiger partial charge in [0.25, 0.3) is 0 Å². The van der Waals surface area contributed by atoms with Crippen LogP contribution in [0.15, 0.2) is 24.3 Å². The van der Waals surface area contributed by atoms with Crippen molar-refractivity contribution in [2.45, 2.75) is 59.8 Å². The van der Waals surface area contributed by atoms with Crippen molar-refractivity contribution in [1.82, 2.24) is 0 Å². The maximum absolute atomic E-state index is 6.38. The molecule has 0 bridgehead atoms. The van der Waals surface area contributed by atoms with E-state index in [0.717, 1.165) is 43.5 Å². The van der Waals surface area contributed by atoms with Crippen LogP contribution in [0.4, 0.5) is 11.4 Å². The Kier molecular flexibility index (Phi) is 5.70. The molecule has 0 radical (unpaired) electrons. The molecule has 0 aliphatic carbocycles. The third-order valence-electron chi connectivity index (χ3n) is 4.94. The molecule has 124 valence electrons. The first-order chi connectivity index (χ1) is 11.1. The minimum atomic E-state index is 0.911. The lowest BCUT2D eigenvalue weighted by Gasteiger charge is -2.18. The summed E-state index contributed by atoms with van der Waals surface area (Å²) in [5.74, 6) is 0. The fourth-order valence-corrected chi connectivity index (χ4v) is 3.50. The lowest BCUT2D eigenvalue weighted by Crippen LogP contribution is -2.07. The molecule has 0 aliphatic rings. The number of rotatable bonds is 6. The fraction of sp³-hybridized carbons (Fsp3) is 0.429. The van der Waals surface area contributed by atoms with E-state index < -0.39 is 0 Å². The van der Waals surface area contributed by atoms with E-state index >= 15 is 0 Å². The Morgan fingerprint density at radius 3 is 1.22 bits per heavy atom. The minimum Gasteiger partial charge on any atom is -0.398 e. The molecule has 2 heteroatoms. The predicted molar refractivity (Wildman–Crippen MR) is 102 cm³/mol. The minimum absolute atomic E-state index is 0.911. The molecule has 23 heavy (non-hydrogen) atoms. The van der Waals surface area contributed by atoms with Crippen LogP contribution in [0.25, 0.3) is 0 Å². The molecule has 4 N–H and O–H groups in total. The standard InChI is InChI=1S/C21H30N2/c1-5-14-9-11-16(18(7-3)20(14)22)13-17-12-10-15(6-2)21(23)19(17)8-4/h9-12H,5-8,13,22-23H2,1-4H3. The Hall–Kier alpha value is -1.96. The number of hydrogen-bond acceptors (Lipinski definition) is 2. The highest BCUT2D eigenvalue weighted by molar-refractivity contribution is 5.61. The zero-order chi connectivity index (χ0) is 17.0. The molecule has 2 nitrogen and oxygen atoms in total. The largest absolute Gasteiger partial charge is 0.398 e. The van der Waals surface area contributed by atoms with Crippen molar-refractivity contribution in [2.24, 2.45) is 0 Å². The summed E-state index contributed by atoms with van der Waals surface area (Å²) >= 11 is 0. The van der Waals surface area contributed by atoms with Crippen LogP contribution in [-0.4, -0.2) is 0 Å². The number of anilines is 2. The van der Waals surface area contributed by atoms with Crippen LogP contribution in [0.2, 0.25) is 0 Å². The van der Waals surface area contributed by atoms with Gasteiger partial charge in [0.1, 0.15) is 0 Å². The zero-order valence-corrected chi connectivity index (χ0v) is 15.0. The molecule has 0 saturated carbocycles. The number of hydrogen-bond donors (Lipinski definition) is 2. The first kappa shape index (κ1) is 17.4. The number of nitrogens with two attached hydrogens (primary N) is 2. The van der Waals surface area contributed by atoms with Gasteiger partial charge in [0, 0.05) is 11.4 Å². The average Bonchev–Trinajstić information content (AvgIpc) is 2.56. The summed E-state index contributed by atoms with van der Waals surface area (Å²) in [4.78, 5) is 0. The van der Waals surface area contributed by atoms with Crippen LogP contribution in [0.3, 0.4) is 0 Å².